The first kappa shape index (κ1) is 13.9. The van der Waals surface area contributed by atoms with Crippen LogP contribution in [0.5, 0.6) is 0 Å². The number of rotatable bonds is 4. The number of nitrogens with zero attached hydrogens (tertiary/aromatic N) is 4. The van der Waals surface area contributed by atoms with Gasteiger partial charge in [-0.1, -0.05) is 0 Å². The molecule has 0 aromatic carbocycles. The number of aromatic nitrogens is 5. The number of anilines is 2. The van der Waals surface area contributed by atoms with Gasteiger partial charge < -0.3 is 16.0 Å². The van der Waals surface area contributed by atoms with Gasteiger partial charge in [0.15, 0.2) is 5.65 Å². The Morgan fingerprint density at radius 2 is 2.09 bits per heavy atom. The largest absolute Gasteiger partial charge is 0.383 e. The zero-order valence-corrected chi connectivity index (χ0v) is 13.1. The van der Waals surface area contributed by atoms with Gasteiger partial charge in [0.25, 0.3) is 0 Å². The maximum Gasteiger partial charge on any atom is 0.226 e. The Balaban J connectivity index is 1.63. The summed E-state index contributed by atoms with van der Waals surface area (Å²) >= 11 is 0. The SMILES string of the molecule is Cc1nc2nc(NCCc3ncc[nH]3)nc(N)c2c2c1CCC2. The third-order valence-electron chi connectivity index (χ3n) is 4.35. The number of hydrogen-bond acceptors (Lipinski definition) is 6. The summed E-state index contributed by atoms with van der Waals surface area (Å²) in [6.07, 6.45) is 7.59. The quantitative estimate of drug-likeness (QED) is 0.678. The minimum absolute atomic E-state index is 0.515. The number of aromatic amines is 1. The van der Waals surface area contributed by atoms with Crippen LogP contribution in [-0.2, 0) is 19.3 Å². The van der Waals surface area contributed by atoms with Crippen LogP contribution in [0.1, 0.15) is 29.1 Å². The molecule has 0 unspecified atom stereocenters. The molecule has 0 saturated carbocycles. The molecule has 4 N–H and O–H groups in total. The summed E-state index contributed by atoms with van der Waals surface area (Å²) in [7, 11) is 0. The Kier molecular flexibility index (Phi) is 3.33. The number of fused-ring (bicyclic) bond motifs is 3. The molecule has 0 fully saturated rings. The van der Waals surface area contributed by atoms with Crippen LogP contribution in [0, 0.1) is 6.92 Å². The molecular formula is C16H19N7. The number of pyridine rings is 1. The van der Waals surface area contributed by atoms with Crippen molar-refractivity contribution in [3.8, 4) is 0 Å². The predicted octanol–water partition coefficient (Wildman–Crippen LogP) is 1.78. The summed E-state index contributed by atoms with van der Waals surface area (Å²) in [4.78, 5) is 20.9. The molecule has 7 heteroatoms. The average Bonchev–Trinajstić information content (AvgIpc) is 3.18. The number of nitrogen functional groups attached to an aromatic ring is 1. The van der Waals surface area contributed by atoms with Crippen molar-refractivity contribution >= 4 is 22.8 Å². The van der Waals surface area contributed by atoms with Crippen LogP contribution in [0.2, 0.25) is 0 Å². The molecule has 7 nitrogen and oxygen atoms in total. The van der Waals surface area contributed by atoms with E-state index in [0.717, 1.165) is 42.6 Å². The number of imidazole rings is 1. The lowest BCUT2D eigenvalue weighted by Crippen LogP contribution is -2.11. The predicted molar refractivity (Wildman–Crippen MR) is 89.3 cm³/mol. The number of H-pyrrole nitrogens is 1. The normalized spacial score (nSPS) is 13.4. The van der Waals surface area contributed by atoms with Gasteiger partial charge in [0.1, 0.15) is 11.6 Å². The van der Waals surface area contributed by atoms with Gasteiger partial charge in [-0.25, -0.2) is 9.97 Å². The second-order valence-electron chi connectivity index (χ2n) is 5.85. The van der Waals surface area contributed by atoms with Crippen molar-refractivity contribution in [1.82, 2.24) is 24.9 Å². The molecule has 23 heavy (non-hydrogen) atoms. The van der Waals surface area contributed by atoms with Crippen LogP contribution in [0.3, 0.4) is 0 Å². The van der Waals surface area contributed by atoms with E-state index < -0.39 is 0 Å². The Morgan fingerprint density at radius 1 is 1.22 bits per heavy atom. The molecule has 4 rings (SSSR count). The van der Waals surface area contributed by atoms with E-state index in [1.165, 1.54) is 11.1 Å². The first-order chi connectivity index (χ1) is 11.2. The van der Waals surface area contributed by atoms with Gasteiger partial charge >= 0.3 is 0 Å². The number of nitrogens with one attached hydrogen (secondary N) is 2. The smallest absolute Gasteiger partial charge is 0.226 e. The van der Waals surface area contributed by atoms with E-state index >= 15 is 0 Å². The zero-order valence-electron chi connectivity index (χ0n) is 13.1. The maximum atomic E-state index is 6.20. The highest BCUT2D eigenvalue weighted by Gasteiger charge is 2.21. The van der Waals surface area contributed by atoms with Crippen molar-refractivity contribution in [2.24, 2.45) is 0 Å². The lowest BCUT2D eigenvalue weighted by Gasteiger charge is -2.11. The molecule has 0 amide bonds. The summed E-state index contributed by atoms with van der Waals surface area (Å²) in [5.74, 6) is 1.96. The molecule has 3 heterocycles. The highest BCUT2D eigenvalue weighted by Crippen LogP contribution is 2.33. The molecular weight excluding hydrogens is 290 g/mol. The molecule has 0 bridgehead atoms. The third kappa shape index (κ3) is 2.48. The molecule has 3 aromatic rings. The molecule has 0 aliphatic heterocycles. The zero-order chi connectivity index (χ0) is 15.8. The van der Waals surface area contributed by atoms with Crippen LogP contribution >= 0.6 is 0 Å². The van der Waals surface area contributed by atoms with Gasteiger partial charge in [-0.2, -0.15) is 9.97 Å². The maximum absolute atomic E-state index is 6.20. The Labute approximate surface area is 133 Å². The molecule has 1 aliphatic rings. The van der Waals surface area contributed by atoms with Crippen LogP contribution in [-0.4, -0.2) is 31.5 Å². The van der Waals surface area contributed by atoms with E-state index in [4.69, 9.17) is 5.73 Å². The van der Waals surface area contributed by atoms with Crippen LogP contribution in [0.4, 0.5) is 11.8 Å². The van der Waals surface area contributed by atoms with E-state index in [0.29, 0.717) is 24.0 Å². The molecule has 0 saturated heterocycles. The van der Waals surface area contributed by atoms with Crippen molar-refractivity contribution in [2.45, 2.75) is 32.6 Å². The van der Waals surface area contributed by atoms with Crippen molar-refractivity contribution in [3.63, 3.8) is 0 Å². The lowest BCUT2D eigenvalue weighted by atomic mass is 10.1. The first-order valence-corrected chi connectivity index (χ1v) is 7.90. The number of aryl methyl sites for hydroxylation is 2. The van der Waals surface area contributed by atoms with Crippen molar-refractivity contribution < 1.29 is 0 Å². The fourth-order valence-corrected chi connectivity index (χ4v) is 3.29. The minimum atomic E-state index is 0.515. The van der Waals surface area contributed by atoms with E-state index in [1.807, 2.05) is 13.1 Å². The highest BCUT2D eigenvalue weighted by molar-refractivity contribution is 5.91. The summed E-state index contributed by atoms with van der Waals surface area (Å²) < 4.78 is 0. The average molecular weight is 309 g/mol. The van der Waals surface area contributed by atoms with Crippen molar-refractivity contribution in [2.75, 3.05) is 17.6 Å². The fraction of sp³-hybridized carbons (Fsp3) is 0.375. The molecule has 0 radical (unpaired) electrons. The molecule has 0 atom stereocenters. The van der Waals surface area contributed by atoms with E-state index in [-0.39, 0.29) is 0 Å². The summed E-state index contributed by atoms with van der Waals surface area (Å²) in [6, 6.07) is 0. The molecule has 3 aromatic heterocycles. The Hall–Kier alpha value is -2.70. The van der Waals surface area contributed by atoms with Gasteiger partial charge in [-0.05, 0) is 37.3 Å². The van der Waals surface area contributed by atoms with E-state index in [9.17, 15) is 0 Å². The van der Waals surface area contributed by atoms with Gasteiger partial charge in [0, 0.05) is 31.1 Å². The highest BCUT2D eigenvalue weighted by atomic mass is 15.1. The topological polar surface area (TPSA) is 105 Å². The van der Waals surface area contributed by atoms with Crippen molar-refractivity contribution in [1.29, 1.82) is 0 Å². The monoisotopic (exact) mass is 309 g/mol. The van der Waals surface area contributed by atoms with Gasteiger partial charge in [-0.3, -0.25) is 0 Å². The van der Waals surface area contributed by atoms with E-state index in [1.54, 1.807) is 6.20 Å². The molecule has 118 valence electrons. The third-order valence-corrected chi connectivity index (χ3v) is 4.35. The van der Waals surface area contributed by atoms with Crippen LogP contribution in [0.25, 0.3) is 11.0 Å². The standard InChI is InChI=1S/C16H19N7/c1-9-10-3-2-4-11(10)13-14(17)22-16(23-15(13)21-9)20-6-5-12-18-7-8-19-12/h7-8H,2-6H2,1H3,(H,18,19)(H3,17,20,21,22,23). The van der Waals surface area contributed by atoms with Gasteiger partial charge in [0.2, 0.25) is 5.95 Å². The lowest BCUT2D eigenvalue weighted by molar-refractivity contribution is 0.908. The Bertz CT molecular complexity index is 855. The Morgan fingerprint density at radius 3 is 2.91 bits per heavy atom. The molecule has 0 spiro atoms. The molecule has 1 aliphatic carbocycles. The summed E-state index contributed by atoms with van der Waals surface area (Å²) in [5, 5.41) is 4.13. The number of nitrogens with two attached hydrogens (primary N) is 1. The van der Waals surface area contributed by atoms with E-state index in [2.05, 4.69) is 30.2 Å². The van der Waals surface area contributed by atoms with Crippen LogP contribution < -0.4 is 11.1 Å². The fourth-order valence-electron chi connectivity index (χ4n) is 3.29. The van der Waals surface area contributed by atoms with Gasteiger partial charge in [0.05, 0.1) is 5.39 Å². The first-order valence-electron chi connectivity index (χ1n) is 7.90. The summed E-state index contributed by atoms with van der Waals surface area (Å²) in [6.45, 7) is 2.73. The van der Waals surface area contributed by atoms with Gasteiger partial charge in [-0.15, -0.1) is 0 Å². The van der Waals surface area contributed by atoms with Crippen molar-refractivity contribution in [3.05, 3.63) is 35.0 Å². The second-order valence-corrected chi connectivity index (χ2v) is 5.85. The second kappa shape index (κ2) is 5.49. The summed E-state index contributed by atoms with van der Waals surface area (Å²) in [5.41, 5.74) is 10.6. The number of hydrogen-bond donors (Lipinski definition) is 3. The minimum Gasteiger partial charge on any atom is -0.383 e. The van der Waals surface area contributed by atoms with Crippen LogP contribution in [0.15, 0.2) is 12.4 Å².